The molecule has 0 radical (unpaired) electrons. The summed E-state index contributed by atoms with van der Waals surface area (Å²) in [5, 5.41) is -0.0810. The van der Waals surface area contributed by atoms with Gasteiger partial charge in [-0.05, 0) is 126 Å². The van der Waals surface area contributed by atoms with E-state index in [1.165, 1.54) is 34.1 Å². The maximum Gasteiger partial charge on any atom is 0.306 e. The first-order valence-electron chi connectivity index (χ1n) is 18.9. The second-order valence-electron chi connectivity index (χ2n) is 15.3. The van der Waals surface area contributed by atoms with Gasteiger partial charge in [-0.1, -0.05) is 96.5 Å². The van der Waals surface area contributed by atoms with Crippen molar-refractivity contribution in [3.05, 3.63) is 0 Å². The van der Waals surface area contributed by atoms with Crippen molar-refractivity contribution in [3.63, 3.8) is 0 Å². The molecule has 0 N–H and O–H groups in total. The maximum atomic E-state index is 12.2. The number of esters is 1. The van der Waals surface area contributed by atoms with Gasteiger partial charge in [-0.15, -0.1) is 0 Å². The summed E-state index contributed by atoms with van der Waals surface area (Å²) in [6.07, 6.45) is 3.37. The number of hydrogen-bond donors (Lipinski definition) is 0. The van der Waals surface area contributed by atoms with Crippen molar-refractivity contribution in [3.8, 4) is 0 Å². The van der Waals surface area contributed by atoms with Crippen LogP contribution in [-0.2, 0) is 72.1 Å². The Kier molecular flexibility index (Phi) is 29.0. The zero-order valence-corrected chi connectivity index (χ0v) is 42.3. The molecule has 0 aliphatic rings. The molecule has 0 aliphatic heterocycles. The lowest BCUT2D eigenvalue weighted by Gasteiger charge is -2.32. The van der Waals surface area contributed by atoms with Gasteiger partial charge in [0.25, 0.3) is 0 Å². The third-order valence-corrected chi connectivity index (χ3v) is 23.4. The van der Waals surface area contributed by atoms with Gasteiger partial charge in [0, 0.05) is 16.8 Å². The number of carbonyl (C=O) groups excluding carboxylic acids is 1. The summed E-state index contributed by atoms with van der Waals surface area (Å²) in [5.41, 5.74) is -8.35. The van der Waals surface area contributed by atoms with E-state index in [0.29, 0.717) is 48.4 Å². The lowest BCUT2D eigenvalue weighted by Crippen LogP contribution is -2.17. The molecule has 0 aliphatic carbocycles. The lowest BCUT2D eigenvalue weighted by atomic mass is 10.1. The van der Waals surface area contributed by atoms with Crippen LogP contribution in [0.15, 0.2) is 0 Å². The number of ether oxygens (including phenoxy) is 1. The van der Waals surface area contributed by atoms with Crippen molar-refractivity contribution < 1.29 is 36.7 Å². The van der Waals surface area contributed by atoms with Gasteiger partial charge in [0.1, 0.15) is 0 Å². The van der Waals surface area contributed by atoms with Crippen molar-refractivity contribution in [1.82, 2.24) is 0 Å². The molecule has 7 atom stereocenters. The highest BCUT2D eigenvalue weighted by molar-refractivity contribution is 8.69. The Bertz CT molecular complexity index is 1090. The highest BCUT2D eigenvalue weighted by atomic mass is 32.9. The number of rotatable bonds is 31. The third-order valence-electron chi connectivity index (χ3n) is 6.86. The summed E-state index contributed by atoms with van der Waals surface area (Å²) < 4.78 is 44.2. The minimum atomic E-state index is -2.93. The van der Waals surface area contributed by atoms with Gasteiger partial charge >= 0.3 is 5.97 Å². The van der Waals surface area contributed by atoms with Crippen LogP contribution in [0.5, 0.6) is 0 Å². The Morgan fingerprint density at radius 3 is 1.33 bits per heavy atom. The van der Waals surface area contributed by atoms with E-state index in [1.807, 2.05) is 6.92 Å². The molecule has 0 aromatic heterocycles. The summed E-state index contributed by atoms with van der Waals surface area (Å²) in [6.45, 7) is 32.2. The summed E-state index contributed by atoms with van der Waals surface area (Å²) in [7, 11) is 0. The number of hydrogen-bond acceptors (Lipinski definition) is 14. The molecule has 0 fully saturated rings. The minimum Gasteiger partial charge on any atom is -0.466 e. The molecule has 0 rings (SSSR count). The first-order valence-corrected chi connectivity index (χ1v) is 31.5. The molecule has 0 aromatic rings. The SMILES string of the molecule is CCOC(=O)CCSP(=S)(OCC(C)SP(=S)(OC(C)CC(C)C)OC(C)CC(C)C)OC(C)CSP(=S)(OC(C)CC(C)C)OC(C)CC(C)C. The fraction of sp³-hybridized carbons (Fsp3) is 0.971. The predicted molar refractivity (Wildman–Crippen MR) is 243 cm³/mol. The van der Waals surface area contributed by atoms with E-state index in [-0.39, 0.29) is 48.2 Å². The Balaban J connectivity index is 5.98. The highest BCUT2D eigenvalue weighted by Gasteiger charge is 2.33. The fourth-order valence-electron chi connectivity index (χ4n) is 5.34. The normalized spacial score (nSPS) is 19.5. The van der Waals surface area contributed by atoms with Crippen molar-refractivity contribution in [1.29, 1.82) is 0 Å². The molecule has 0 saturated heterocycles. The molecule has 0 bridgehead atoms. The van der Waals surface area contributed by atoms with Crippen LogP contribution in [0.2, 0.25) is 0 Å². The molecule has 0 amide bonds. The Morgan fingerprint density at radius 1 is 0.558 bits per heavy atom. The van der Waals surface area contributed by atoms with Gasteiger partial charge in [-0.25, -0.2) is 0 Å². The zero-order chi connectivity index (χ0) is 40.3. The van der Waals surface area contributed by atoms with Crippen LogP contribution in [0.4, 0.5) is 0 Å². The van der Waals surface area contributed by atoms with E-state index in [2.05, 4.69) is 90.0 Å². The van der Waals surface area contributed by atoms with Crippen molar-refractivity contribution in [2.45, 2.75) is 172 Å². The molecule has 17 heteroatoms. The molecule has 0 saturated carbocycles. The largest absolute Gasteiger partial charge is 0.466 e. The standard InChI is InChI=1S/C35H73O8P3S6/c1-16-37-35(36)17-18-50-44(47,38-23-34(15)52-46(49,41-31(12)21-27(6)7)42-32(13)22-28(8)9)43-33(14)24-51-45(48,39-29(10)19-25(2)3)40-30(11)20-26(4)5/h25-34H,16-24H2,1-15H3. The summed E-state index contributed by atoms with van der Waals surface area (Å²) in [4.78, 5) is 12.2. The monoisotopic (exact) mass is 906 g/mol. The van der Waals surface area contributed by atoms with Gasteiger partial charge in [-0.2, -0.15) is 0 Å². The van der Waals surface area contributed by atoms with Crippen molar-refractivity contribution >= 4 is 92.6 Å². The van der Waals surface area contributed by atoms with E-state index in [4.69, 9.17) is 67.3 Å². The zero-order valence-electron chi connectivity index (χ0n) is 34.7. The summed E-state index contributed by atoms with van der Waals surface area (Å²) in [5.74, 6) is 2.58. The smallest absolute Gasteiger partial charge is 0.306 e. The predicted octanol–water partition coefficient (Wildman–Crippen LogP) is 13.4. The minimum absolute atomic E-state index is 0.0267. The van der Waals surface area contributed by atoms with Crippen LogP contribution in [-0.4, -0.2) is 66.5 Å². The van der Waals surface area contributed by atoms with Crippen molar-refractivity contribution in [2.24, 2.45) is 23.7 Å². The van der Waals surface area contributed by atoms with Crippen LogP contribution in [0.1, 0.15) is 136 Å². The number of carbonyl (C=O) groups is 1. The fourth-order valence-corrected chi connectivity index (χ4v) is 22.6. The van der Waals surface area contributed by atoms with Crippen LogP contribution in [0.25, 0.3) is 0 Å². The molecule has 312 valence electrons. The molecule has 52 heavy (non-hydrogen) atoms. The Morgan fingerprint density at radius 2 is 0.942 bits per heavy atom. The lowest BCUT2D eigenvalue weighted by molar-refractivity contribution is -0.142. The Labute approximate surface area is 347 Å². The van der Waals surface area contributed by atoms with E-state index < -0.39 is 17.1 Å². The molecule has 0 heterocycles. The third kappa shape index (κ3) is 27.8. The second-order valence-corrected chi connectivity index (χ2v) is 34.5. The van der Waals surface area contributed by atoms with Gasteiger partial charge in [0.05, 0.1) is 50.2 Å². The van der Waals surface area contributed by atoms with Crippen LogP contribution < -0.4 is 0 Å². The summed E-state index contributed by atoms with van der Waals surface area (Å²) in [6, 6.07) is 0. The van der Waals surface area contributed by atoms with Crippen LogP contribution in [0.3, 0.4) is 0 Å². The van der Waals surface area contributed by atoms with Crippen molar-refractivity contribution in [2.75, 3.05) is 24.7 Å². The maximum absolute atomic E-state index is 12.2. The van der Waals surface area contributed by atoms with E-state index in [1.54, 1.807) is 6.92 Å². The van der Waals surface area contributed by atoms with E-state index in [0.717, 1.165) is 25.7 Å². The Hall–Kier alpha value is 2.23. The molecule has 0 aromatic carbocycles. The molecular formula is C35H73O8P3S6. The van der Waals surface area contributed by atoms with Gasteiger partial charge < -0.3 is 31.9 Å². The van der Waals surface area contributed by atoms with E-state index in [9.17, 15) is 4.79 Å². The molecule has 0 spiro atoms. The topological polar surface area (TPSA) is 81.7 Å². The average Bonchev–Trinajstić information content (AvgIpc) is 2.92. The van der Waals surface area contributed by atoms with Gasteiger partial charge in [0.15, 0.2) is 0 Å². The first kappa shape index (κ1) is 54.2. The van der Waals surface area contributed by atoms with Gasteiger partial charge in [0.2, 0.25) is 17.1 Å². The summed E-state index contributed by atoms with van der Waals surface area (Å²) >= 11 is 22.8. The van der Waals surface area contributed by atoms with Crippen LogP contribution in [0, 0.1) is 23.7 Å². The quantitative estimate of drug-likeness (QED) is 0.0489. The first-order chi connectivity index (χ1) is 23.9. The average molecular weight is 907 g/mol. The van der Waals surface area contributed by atoms with Crippen LogP contribution >= 0.6 is 51.2 Å². The molecule has 7 unspecified atom stereocenters. The molecule has 8 nitrogen and oxygen atoms in total. The van der Waals surface area contributed by atoms with Gasteiger partial charge in [-0.3, -0.25) is 4.79 Å². The second kappa shape index (κ2) is 27.8. The highest BCUT2D eigenvalue weighted by Crippen LogP contribution is 2.67. The van der Waals surface area contributed by atoms with E-state index >= 15 is 0 Å². The molecular weight excluding hydrogens is 834 g/mol.